The van der Waals surface area contributed by atoms with Gasteiger partial charge in [-0.15, -0.1) is 0 Å². The van der Waals surface area contributed by atoms with E-state index < -0.39 is 0 Å². The van der Waals surface area contributed by atoms with Crippen molar-refractivity contribution in [3.8, 4) is 11.5 Å². The average molecular weight is 772 g/mol. The molecule has 0 radical (unpaired) electrons. The van der Waals surface area contributed by atoms with Crippen LogP contribution in [0.25, 0.3) is 0 Å². The molecule has 1 heterocycles. The van der Waals surface area contributed by atoms with Crippen molar-refractivity contribution in [2.75, 3.05) is 54.4 Å². The van der Waals surface area contributed by atoms with Gasteiger partial charge in [0.2, 0.25) is 0 Å². The number of hydrogen-bond acceptors (Lipinski definition) is 6. The fourth-order valence-corrected chi connectivity index (χ4v) is 7.21. The van der Waals surface area contributed by atoms with Crippen LogP contribution in [0.2, 0.25) is 0 Å². The fraction of sp³-hybridized carbons (Fsp3) is 0.610. The van der Waals surface area contributed by atoms with Gasteiger partial charge in [-0.05, 0) is 61.5 Å². The van der Waals surface area contributed by atoms with Crippen LogP contribution < -0.4 is 0 Å². The molecule has 0 saturated heterocycles. The number of rotatable bonds is 1. The van der Waals surface area contributed by atoms with Gasteiger partial charge in [0.1, 0.15) is 11.5 Å². The molecule has 1 aliphatic rings. The average Bonchev–Trinajstić information content (AvgIpc) is 2.80. The van der Waals surface area contributed by atoms with Crippen LogP contribution in [-0.4, -0.2) is 84.2 Å². The summed E-state index contributed by atoms with van der Waals surface area (Å²) in [5, 5.41) is 23.0. The Morgan fingerprint density at radius 1 is 0.551 bits per heavy atom. The number of hydrogen-bond donors (Lipinski definition) is 2. The van der Waals surface area contributed by atoms with Gasteiger partial charge in [0.25, 0.3) is 0 Å². The van der Waals surface area contributed by atoms with Crippen molar-refractivity contribution in [2.45, 2.75) is 99.8 Å². The summed E-state index contributed by atoms with van der Waals surface area (Å²) in [7, 11) is 8.63. The molecule has 6 nitrogen and oxygen atoms in total. The number of aromatic hydroxyl groups is 2. The number of nitrogens with zero attached hydrogens (tertiary/aromatic N) is 4. The van der Waals surface area contributed by atoms with Crippen LogP contribution in [-0.2, 0) is 64.6 Å². The predicted octanol–water partition coefficient (Wildman–Crippen LogP) is 8.81. The third-order valence-electron chi connectivity index (χ3n) is 8.64. The molecular formula is C41H74N4Ni2O2-4. The zero-order valence-electron chi connectivity index (χ0n) is 34.4. The van der Waals surface area contributed by atoms with Crippen molar-refractivity contribution in [3.63, 3.8) is 0 Å². The molecule has 294 valence electrons. The second kappa shape index (κ2) is 21.4. The summed E-state index contributed by atoms with van der Waals surface area (Å²) in [4.78, 5) is 9.37. The second-order valence-electron chi connectivity index (χ2n) is 16.8. The predicted molar refractivity (Wildman–Crippen MR) is 208 cm³/mol. The van der Waals surface area contributed by atoms with Crippen molar-refractivity contribution in [1.82, 2.24) is 19.6 Å². The van der Waals surface area contributed by atoms with Crippen molar-refractivity contribution in [3.05, 3.63) is 87.4 Å². The largest absolute Gasteiger partial charge is 0.507 e. The Balaban J connectivity index is -0.00000169. The van der Waals surface area contributed by atoms with Crippen molar-refractivity contribution in [1.29, 1.82) is 0 Å². The molecule has 0 amide bonds. The summed E-state index contributed by atoms with van der Waals surface area (Å²) in [6.07, 6.45) is 0. The van der Waals surface area contributed by atoms with E-state index in [1.54, 1.807) is 0 Å². The Labute approximate surface area is 325 Å². The van der Waals surface area contributed by atoms with Gasteiger partial charge >= 0.3 is 0 Å². The number of benzene rings is 2. The zero-order valence-corrected chi connectivity index (χ0v) is 36.3. The first-order chi connectivity index (χ1) is 19.7. The maximum Gasteiger partial charge on any atom is 0.124 e. The maximum atomic E-state index is 11.5. The van der Waals surface area contributed by atoms with Crippen LogP contribution in [0, 0.1) is 40.5 Å². The minimum Gasteiger partial charge on any atom is -0.507 e. The zero-order chi connectivity index (χ0) is 32.5. The SMILES string of the molecule is CC(C)c1cc2c(O)c(c1)CN(C)CC(C)(C)CN(C)Cc1cc(C(C)(C)C)cc(c1O)CN(C)CC(C)(C)CN(C)C2.[CH3-].[CH3-].[CH3-].[CH3-].[Ni].[Ni]. The molecule has 0 fully saturated rings. The van der Waals surface area contributed by atoms with Crippen molar-refractivity contribution < 1.29 is 43.2 Å². The molecular weight excluding hydrogens is 698 g/mol. The van der Waals surface area contributed by atoms with Gasteiger partial charge < -0.3 is 59.5 Å². The van der Waals surface area contributed by atoms with E-state index in [1.165, 1.54) is 11.1 Å². The van der Waals surface area contributed by atoms with E-state index in [9.17, 15) is 10.2 Å². The number of phenols is 2. The molecule has 0 saturated carbocycles. The Kier molecular flexibility index (Phi) is 23.9. The molecule has 0 unspecified atom stereocenters. The molecule has 1 aliphatic heterocycles. The summed E-state index contributed by atoms with van der Waals surface area (Å²) < 4.78 is 0. The van der Waals surface area contributed by atoms with E-state index in [-0.39, 0.29) is 78.9 Å². The summed E-state index contributed by atoms with van der Waals surface area (Å²) in [6.45, 7) is 26.8. The van der Waals surface area contributed by atoms with Gasteiger partial charge in [-0.2, -0.15) is 0 Å². The number of phenolic OH excluding ortho intramolecular Hbond substituents is 2. The Bertz CT molecular complexity index is 1180. The van der Waals surface area contributed by atoms with Gasteiger partial charge in [-0.25, -0.2) is 0 Å². The molecule has 0 aromatic heterocycles. The molecule has 2 N–H and O–H groups in total. The third-order valence-corrected chi connectivity index (χ3v) is 8.64. The molecule has 4 bridgehead atoms. The van der Waals surface area contributed by atoms with E-state index in [2.05, 4.69) is 134 Å². The van der Waals surface area contributed by atoms with Crippen LogP contribution in [0.5, 0.6) is 11.5 Å². The third kappa shape index (κ3) is 16.0. The van der Waals surface area contributed by atoms with Gasteiger partial charge in [-0.1, -0.05) is 86.6 Å². The van der Waals surface area contributed by atoms with E-state index in [0.29, 0.717) is 43.6 Å². The first-order valence-electron chi connectivity index (χ1n) is 16.1. The minimum atomic E-state index is -0.0110. The van der Waals surface area contributed by atoms with E-state index in [4.69, 9.17) is 0 Å². The van der Waals surface area contributed by atoms with Crippen LogP contribution >= 0.6 is 0 Å². The standard InChI is InChI=1S/C37H62N4O2.4CH3.2Ni/c1-26(2)27-14-28-18-38(10)22-36(6,7)24-40(12)20-30-16-32(35(3,4)5)17-31(34(30)43)21-41(13)25-37(8,9)23-39(11)19-29(15-27)33(28)42;;;;;;/h14-17,26,42-43H,18-25H2,1-13H3;4*1H3;;/q;4*-1;;. The van der Waals surface area contributed by atoms with Crippen LogP contribution in [0.15, 0.2) is 24.3 Å². The summed E-state index contributed by atoms with van der Waals surface area (Å²) in [5.74, 6) is 1.26. The molecule has 0 spiro atoms. The van der Waals surface area contributed by atoms with Crippen LogP contribution in [0.4, 0.5) is 0 Å². The quantitative estimate of drug-likeness (QED) is 0.224. The number of fused-ring (bicyclic) bond motifs is 4. The molecule has 2 aromatic rings. The molecule has 49 heavy (non-hydrogen) atoms. The van der Waals surface area contributed by atoms with E-state index >= 15 is 0 Å². The van der Waals surface area contributed by atoms with E-state index in [0.717, 1.165) is 48.4 Å². The molecule has 3 rings (SSSR count). The van der Waals surface area contributed by atoms with E-state index in [1.807, 2.05) is 0 Å². The van der Waals surface area contributed by atoms with Gasteiger partial charge in [0, 0.05) is 108 Å². The molecule has 0 atom stereocenters. The fourth-order valence-electron chi connectivity index (χ4n) is 7.21. The van der Waals surface area contributed by atoms with Crippen LogP contribution in [0.3, 0.4) is 0 Å². The van der Waals surface area contributed by atoms with Gasteiger partial charge in [0.05, 0.1) is 0 Å². The first-order valence-corrected chi connectivity index (χ1v) is 16.1. The maximum absolute atomic E-state index is 11.5. The minimum absolute atomic E-state index is 0. The van der Waals surface area contributed by atoms with Crippen LogP contribution in [0.1, 0.15) is 102 Å². The summed E-state index contributed by atoms with van der Waals surface area (Å²) >= 11 is 0. The van der Waals surface area contributed by atoms with Gasteiger partial charge in [0.15, 0.2) is 0 Å². The first kappa shape index (κ1) is 54.6. The molecule has 8 heteroatoms. The smallest absolute Gasteiger partial charge is 0.124 e. The van der Waals surface area contributed by atoms with Gasteiger partial charge in [-0.3, -0.25) is 0 Å². The molecule has 2 aromatic carbocycles. The summed E-state index contributed by atoms with van der Waals surface area (Å²) in [5.41, 5.74) is 6.55. The Hall–Kier alpha value is -1.13. The Morgan fingerprint density at radius 3 is 1.02 bits per heavy atom. The Morgan fingerprint density at radius 2 is 0.796 bits per heavy atom. The molecule has 0 aliphatic carbocycles. The second-order valence-corrected chi connectivity index (χ2v) is 16.8. The normalized spacial score (nSPS) is 18.2. The monoisotopic (exact) mass is 770 g/mol. The van der Waals surface area contributed by atoms with Crippen molar-refractivity contribution >= 4 is 0 Å². The topological polar surface area (TPSA) is 53.4 Å². The summed E-state index contributed by atoms with van der Waals surface area (Å²) in [6, 6.07) is 8.82. The van der Waals surface area contributed by atoms with Crippen molar-refractivity contribution in [2.24, 2.45) is 10.8 Å².